The van der Waals surface area contributed by atoms with Crippen molar-refractivity contribution in [3.8, 4) is 11.5 Å². The van der Waals surface area contributed by atoms with Crippen LogP contribution in [0.1, 0.15) is 31.2 Å². The average molecular weight is 361 g/mol. The molecule has 2 amide bonds. The summed E-state index contributed by atoms with van der Waals surface area (Å²) in [7, 11) is 0. The minimum Gasteiger partial charge on any atom is -0.454 e. The van der Waals surface area contributed by atoms with E-state index in [1.165, 1.54) is 4.90 Å². The Kier molecular flexibility index (Phi) is 4.82. The largest absolute Gasteiger partial charge is 0.454 e. The molecule has 0 spiro atoms. The molecule has 1 saturated carbocycles. The Morgan fingerprint density at radius 3 is 2.54 bits per heavy atom. The Morgan fingerprint density at radius 2 is 1.81 bits per heavy atom. The van der Waals surface area contributed by atoms with Gasteiger partial charge in [0.2, 0.25) is 18.6 Å². The molecule has 2 aliphatic heterocycles. The number of amides is 2. The molecule has 2 fully saturated rings. The predicted octanol–water partition coefficient (Wildman–Crippen LogP) is 1.47. The van der Waals surface area contributed by atoms with E-state index in [1.54, 1.807) is 0 Å². The van der Waals surface area contributed by atoms with Gasteiger partial charge in [0, 0.05) is 0 Å². The highest BCUT2D eigenvalue weighted by Crippen LogP contribution is 2.38. The molecule has 4 rings (SSSR count). The van der Waals surface area contributed by atoms with Gasteiger partial charge in [-0.05, 0) is 30.5 Å². The van der Waals surface area contributed by atoms with Crippen LogP contribution in [0, 0.1) is 11.8 Å². The molecule has 140 valence electrons. The van der Waals surface area contributed by atoms with E-state index in [9.17, 15) is 14.7 Å². The predicted molar refractivity (Wildman–Crippen MR) is 90.4 cm³/mol. The Labute approximate surface area is 151 Å². The van der Waals surface area contributed by atoms with Crippen molar-refractivity contribution in [1.29, 1.82) is 0 Å². The van der Waals surface area contributed by atoms with Gasteiger partial charge in [-0.1, -0.05) is 18.9 Å². The van der Waals surface area contributed by atoms with E-state index >= 15 is 0 Å². The third-order valence-electron chi connectivity index (χ3n) is 5.34. The van der Waals surface area contributed by atoms with Crippen LogP contribution < -0.4 is 9.47 Å². The minimum atomic E-state index is -0.892. The summed E-state index contributed by atoms with van der Waals surface area (Å²) in [5.41, 5.74) is 0.904. The number of nitrogens with zero attached hydrogens (tertiary/aromatic N) is 1. The van der Waals surface area contributed by atoms with Gasteiger partial charge in [-0.15, -0.1) is 0 Å². The van der Waals surface area contributed by atoms with E-state index in [0.717, 1.165) is 31.2 Å². The molecule has 0 unspecified atom stereocenters. The summed E-state index contributed by atoms with van der Waals surface area (Å²) in [6.45, 7) is 0.589. The standard InChI is InChI=1S/C19H23NO6/c21-13(8-20-18(22)14-3-1-2-4-15(14)19(20)23)10-24-9-12-5-6-16-17(7-12)26-11-25-16/h5-7,13-15,21H,1-4,8-11H2/t13-,14-,15+/m1/s1. The van der Waals surface area contributed by atoms with Crippen LogP contribution >= 0.6 is 0 Å². The first-order valence-corrected chi connectivity index (χ1v) is 9.13. The normalized spacial score (nSPS) is 25.5. The number of benzene rings is 1. The van der Waals surface area contributed by atoms with Crippen LogP contribution in [0.4, 0.5) is 0 Å². The van der Waals surface area contributed by atoms with Gasteiger partial charge in [0.25, 0.3) is 0 Å². The lowest BCUT2D eigenvalue weighted by Crippen LogP contribution is -2.39. The summed E-state index contributed by atoms with van der Waals surface area (Å²) < 4.78 is 16.1. The number of aliphatic hydroxyl groups excluding tert-OH is 1. The highest BCUT2D eigenvalue weighted by molar-refractivity contribution is 6.05. The molecule has 0 bridgehead atoms. The Hall–Kier alpha value is -2.12. The number of rotatable bonds is 6. The van der Waals surface area contributed by atoms with Crippen molar-refractivity contribution < 1.29 is 28.9 Å². The van der Waals surface area contributed by atoms with E-state index in [1.807, 2.05) is 18.2 Å². The first-order valence-electron chi connectivity index (χ1n) is 9.13. The zero-order chi connectivity index (χ0) is 18.1. The van der Waals surface area contributed by atoms with Crippen LogP contribution in [-0.4, -0.2) is 47.9 Å². The summed E-state index contributed by atoms with van der Waals surface area (Å²) in [5.74, 6) is 0.767. The highest BCUT2D eigenvalue weighted by Gasteiger charge is 2.48. The van der Waals surface area contributed by atoms with Crippen molar-refractivity contribution in [2.75, 3.05) is 19.9 Å². The monoisotopic (exact) mass is 361 g/mol. The Bertz CT molecular complexity index is 681. The first kappa shape index (κ1) is 17.3. The molecule has 0 aromatic heterocycles. The molecule has 2 heterocycles. The van der Waals surface area contributed by atoms with Gasteiger partial charge < -0.3 is 19.3 Å². The van der Waals surface area contributed by atoms with Crippen LogP contribution in [0.2, 0.25) is 0 Å². The third kappa shape index (κ3) is 3.29. The second-order valence-corrected chi connectivity index (χ2v) is 7.14. The maximum absolute atomic E-state index is 12.4. The number of fused-ring (bicyclic) bond motifs is 2. The molecular weight excluding hydrogens is 338 g/mol. The lowest BCUT2D eigenvalue weighted by atomic mass is 9.81. The Morgan fingerprint density at radius 1 is 1.12 bits per heavy atom. The molecule has 26 heavy (non-hydrogen) atoms. The summed E-state index contributed by atoms with van der Waals surface area (Å²) in [6.07, 6.45) is 2.66. The molecule has 7 nitrogen and oxygen atoms in total. The molecule has 1 aromatic carbocycles. The molecule has 1 N–H and O–H groups in total. The highest BCUT2D eigenvalue weighted by atomic mass is 16.7. The van der Waals surface area contributed by atoms with Crippen molar-refractivity contribution in [3.63, 3.8) is 0 Å². The number of carbonyl (C=O) groups is 2. The molecule has 1 aliphatic carbocycles. The van der Waals surface area contributed by atoms with E-state index in [2.05, 4.69) is 0 Å². The number of aliphatic hydroxyl groups is 1. The summed E-state index contributed by atoms with van der Waals surface area (Å²) in [6, 6.07) is 5.53. The maximum atomic E-state index is 12.4. The number of β-amino-alcohol motifs (C(OH)–C–C–N with tert-alkyl or cyclic N) is 1. The zero-order valence-corrected chi connectivity index (χ0v) is 14.6. The van der Waals surface area contributed by atoms with E-state index < -0.39 is 6.10 Å². The lowest BCUT2D eigenvalue weighted by Gasteiger charge is -2.19. The van der Waals surface area contributed by atoms with Crippen molar-refractivity contribution in [2.45, 2.75) is 38.4 Å². The summed E-state index contributed by atoms with van der Waals surface area (Å²) >= 11 is 0. The van der Waals surface area contributed by atoms with Gasteiger partial charge in [0.1, 0.15) is 0 Å². The number of hydrogen-bond donors (Lipinski definition) is 1. The fraction of sp³-hybridized carbons (Fsp3) is 0.579. The van der Waals surface area contributed by atoms with Crippen molar-refractivity contribution in [1.82, 2.24) is 4.90 Å². The molecule has 1 aromatic rings. The molecule has 7 heteroatoms. The zero-order valence-electron chi connectivity index (χ0n) is 14.6. The van der Waals surface area contributed by atoms with Gasteiger partial charge in [-0.25, -0.2) is 0 Å². The third-order valence-corrected chi connectivity index (χ3v) is 5.34. The summed E-state index contributed by atoms with van der Waals surface area (Å²) in [5, 5.41) is 10.2. The molecule has 0 radical (unpaired) electrons. The van der Waals surface area contributed by atoms with Crippen LogP contribution in [0.5, 0.6) is 11.5 Å². The van der Waals surface area contributed by atoms with Gasteiger partial charge in [-0.3, -0.25) is 14.5 Å². The molecule has 3 aliphatic rings. The number of ether oxygens (including phenoxy) is 3. The first-order chi connectivity index (χ1) is 12.6. The van der Waals surface area contributed by atoms with Gasteiger partial charge in [-0.2, -0.15) is 0 Å². The van der Waals surface area contributed by atoms with E-state index in [4.69, 9.17) is 14.2 Å². The fourth-order valence-electron chi connectivity index (χ4n) is 4.02. The second-order valence-electron chi connectivity index (χ2n) is 7.14. The fourth-order valence-corrected chi connectivity index (χ4v) is 4.02. The molecular formula is C19H23NO6. The van der Waals surface area contributed by atoms with Gasteiger partial charge in [0.15, 0.2) is 11.5 Å². The van der Waals surface area contributed by atoms with Crippen molar-refractivity contribution in [2.24, 2.45) is 11.8 Å². The summed E-state index contributed by atoms with van der Waals surface area (Å²) in [4.78, 5) is 26.1. The van der Waals surface area contributed by atoms with Crippen LogP contribution in [0.15, 0.2) is 18.2 Å². The van der Waals surface area contributed by atoms with E-state index in [-0.39, 0.29) is 43.6 Å². The number of carbonyl (C=O) groups excluding carboxylic acids is 2. The molecule has 3 atom stereocenters. The number of likely N-dealkylation sites (tertiary alicyclic amines) is 1. The quantitative estimate of drug-likeness (QED) is 0.773. The number of imide groups is 1. The number of hydrogen-bond acceptors (Lipinski definition) is 6. The van der Waals surface area contributed by atoms with Crippen LogP contribution in [0.25, 0.3) is 0 Å². The molecule has 1 saturated heterocycles. The van der Waals surface area contributed by atoms with Crippen LogP contribution in [0.3, 0.4) is 0 Å². The van der Waals surface area contributed by atoms with Crippen LogP contribution in [-0.2, 0) is 20.9 Å². The topological polar surface area (TPSA) is 85.3 Å². The maximum Gasteiger partial charge on any atom is 0.233 e. The second kappa shape index (κ2) is 7.25. The average Bonchev–Trinajstić information content (AvgIpc) is 3.21. The van der Waals surface area contributed by atoms with E-state index in [0.29, 0.717) is 18.1 Å². The minimum absolute atomic E-state index is 0.00576. The Balaban J connectivity index is 1.27. The van der Waals surface area contributed by atoms with Gasteiger partial charge in [0.05, 0.1) is 37.7 Å². The van der Waals surface area contributed by atoms with Gasteiger partial charge >= 0.3 is 0 Å². The van der Waals surface area contributed by atoms with Crippen molar-refractivity contribution in [3.05, 3.63) is 23.8 Å². The lowest BCUT2D eigenvalue weighted by molar-refractivity contribution is -0.142. The smallest absolute Gasteiger partial charge is 0.233 e. The SMILES string of the molecule is O=C1[C@H]2CCCC[C@H]2C(=O)N1C[C@@H](O)COCc1ccc2c(c1)OCO2. The van der Waals surface area contributed by atoms with Crippen molar-refractivity contribution >= 4 is 11.8 Å².